The van der Waals surface area contributed by atoms with Crippen molar-refractivity contribution in [3.63, 3.8) is 0 Å². The minimum atomic E-state index is -0.508. The number of epoxide rings is 1. The summed E-state index contributed by atoms with van der Waals surface area (Å²) in [7, 11) is 1.70. The average molecular weight is 521 g/mol. The van der Waals surface area contributed by atoms with Crippen LogP contribution in [0.25, 0.3) is 0 Å². The first-order valence-electron chi connectivity index (χ1n) is 13.5. The van der Waals surface area contributed by atoms with Crippen LogP contribution in [0.4, 0.5) is 4.79 Å². The minimum Gasteiger partial charge on any atom is -0.442 e. The predicted octanol–water partition coefficient (Wildman–Crippen LogP) is 3.89. The van der Waals surface area contributed by atoms with Gasteiger partial charge >= 0.3 is 6.09 Å². The summed E-state index contributed by atoms with van der Waals surface area (Å²) < 4.78 is 28.5. The van der Waals surface area contributed by atoms with Crippen molar-refractivity contribution in [2.75, 3.05) is 33.4 Å². The molecule has 3 heterocycles. The monoisotopic (exact) mass is 520 g/mol. The first kappa shape index (κ1) is 29.4. The number of unbranched alkanes of at least 4 members (excludes halogenated alkanes) is 1. The highest BCUT2D eigenvalue weighted by molar-refractivity contribution is 5.87. The molecule has 0 aliphatic carbocycles. The fourth-order valence-electron chi connectivity index (χ4n) is 4.44. The Balaban J connectivity index is 1.31. The van der Waals surface area contributed by atoms with Gasteiger partial charge in [-0.2, -0.15) is 0 Å². The van der Waals surface area contributed by atoms with Crippen molar-refractivity contribution in [1.82, 2.24) is 10.2 Å². The number of hydrogen-bond donors (Lipinski definition) is 1. The third-order valence-corrected chi connectivity index (χ3v) is 6.68. The lowest BCUT2D eigenvalue weighted by Crippen LogP contribution is -2.46. The van der Waals surface area contributed by atoms with Gasteiger partial charge < -0.3 is 33.9 Å². The number of nitrogens with one attached hydrogen (secondary N) is 1. The zero-order valence-corrected chi connectivity index (χ0v) is 22.9. The summed E-state index contributed by atoms with van der Waals surface area (Å²) >= 11 is 0. The van der Waals surface area contributed by atoms with Crippen molar-refractivity contribution in [1.29, 1.82) is 0 Å². The third-order valence-electron chi connectivity index (χ3n) is 6.68. The van der Waals surface area contributed by atoms with E-state index in [2.05, 4.69) is 37.4 Å². The van der Waals surface area contributed by atoms with Crippen molar-refractivity contribution in [3.8, 4) is 0 Å². The molecule has 0 aromatic heterocycles. The van der Waals surface area contributed by atoms with Crippen molar-refractivity contribution < 1.29 is 33.3 Å². The number of hydrogen-bond acceptors (Lipinski definition) is 7. The summed E-state index contributed by atoms with van der Waals surface area (Å²) in [6.45, 7) is 10.2. The molecule has 0 bridgehead atoms. The van der Waals surface area contributed by atoms with Gasteiger partial charge in [0.2, 0.25) is 5.91 Å². The molecule has 9 heteroatoms. The summed E-state index contributed by atoms with van der Waals surface area (Å²) in [6.07, 6.45) is 12.7. The summed E-state index contributed by atoms with van der Waals surface area (Å²) in [5, 5.41) is 2.86. The molecular formula is C28H44N2O7. The maximum Gasteiger partial charge on any atom is 0.410 e. The van der Waals surface area contributed by atoms with Gasteiger partial charge in [0, 0.05) is 38.9 Å². The van der Waals surface area contributed by atoms with Gasteiger partial charge in [-0.15, -0.1) is 0 Å². The summed E-state index contributed by atoms with van der Waals surface area (Å²) in [6, 6.07) is -0.237. The first-order valence-corrected chi connectivity index (χ1v) is 13.5. The lowest BCUT2D eigenvalue weighted by Gasteiger charge is -2.30. The minimum absolute atomic E-state index is 0.0474. The van der Waals surface area contributed by atoms with Crippen LogP contribution in [0.5, 0.6) is 0 Å². The predicted molar refractivity (Wildman–Crippen MR) is 140 cm³/mol. The van der Waals surface area contributed by atoms with Crippen molar-refractivity contribution in [3.05, 3.63) is 36.0 Å². The fourth-order valence-corrected chi connectivity index (χ4v) is 4.44. The van der Waals surface area contributed by atoms with Crippen LogP contribution in [0.2, 0.25) is 0 Å². The average Bonchev–Trinajstić information content (AvgIpc) is 3.61. The summed E-state index contributed by atoms with van der Waals surface area (Å²) in [5.41, 5.74) is 1.16. The Kier molecular flexibility index (Phi) is 11.2. The molecule has 3 rings (SSSR count). The van der Waals surface area contributed by atoms with Crippen molar-refractivity contribution in [2.45, 2.75) is 96.0 Å². The van der Waals surface area contributed by atoms with Gasteiger partial charge in [0.1, 0.15) is 6.10 Å². The van der Waals surface area contributed by atoms with Gasteiger partial charge in [0.05, 0.1) is 43.7 Å². The van der Waals surface area contributed by atoms with Crippen LogP contribution < -0.4 is 5.32 Å². The number of nitrogens with zero attached hydrogens (tertiary/aromatic N) is 1. The second-order valence-corrected chi connectivity index (χ2v) is 10.4. The van der Waals surface area contributed by atoms with Gasteiger partial charge in [-0.05, 0) is 33.3 Å². The Labute approximate surface area is 221 Å². The molecule has 2 unspecified atom stereocenters. The molecule has 0 aromatic rings. The van der Waals surface area contributed by atoms with Crippen LogP contribution in [-0.2, 0) is 28.5 Å². The summed E-state index contributed by atoms with van der Waals surface area (Å²) in [4.78, 5) is 25.8. The van der Waals surface area contributed by atoms with Gasteiger partial charge in [0.25, 0.3) is 0 Å². The van der Waals surface area contributed by atoms with Crippen LogP contribution in [0.15, 0.2) is 36.0 Å². The normalized spacial score (nSPS) is 31.0. The lowest BCUT2D eigenvalue weighted by molar-refractivity contribution is -0.187. The van der Waals surface area contributed by atoms with Crippen LogP contribution in [-0.4, -0.2) is 86.6 Å². The van der Waals surface area contributed by atoms with Gasteiger partial charge in [-0.1, -0.05) is 37.1 Å². The third kappa shape index (κ3) is 10.2. The molecule has 4 atom stereocenters. The molecular weight excluding hydrogens is 476 g/mol. The number of carbonyl (C=O) groups excluding carboxylic acids is 2. The number of carbonyl (C=O) groups is 2. The van der Waals surface area contributed by atoms with E-state index in [0.29, 0.717) is 26.2 Å². The highest BCUT2D eigenvalue weighted by Gasteiger charge is 2.50. The summed E-state index contributed by atoms with van der Waals surface area (Å²) in [5.74, 6) is -0.281. The topological polar surface area (TPSA) is 98.9 Å². The SMILES string of the molecule is CCCCN(C)C(=O)OC(C)C=CC(=O)NC1COC(CC=C(C)C=C[C@@H]2C[C@@]3(CO3)CC(C)O2)OC1. The maximum atomic E-state index is 12.2. The molecule has 3 saturated heterocycles. The molecule has 1 N–H and O–H groups in total. The van der Waals surface area contributed by atoms with E-state index in [9.17, 15) is 9.59 Å². The van der Waals surface area contributed by atoms with E-state index < -0.39 is 12.2 Å². The van der Waals surface area contributed by atoms with Crippen molar-refractivity contribution >= 4 is 12.0 Å². The maximum absolute atomic E-state index is 12.2. The Morgan fingerprint density at radius 1 is 1.22 bits per heavy atom. The van der Waals surface area contributed by atoms with Gasteiger partial charge in [-0.3, -0.25) is 4.79 Å². The second kappa shape index (κ2) is 14.1. The lowest BCUT2D eigenvalue weighted by atomic mass is 9.92. The van der Waals surface area contributed by atoms with Crippen LogP contribution in [0.1, 0.15) is 59.8 Å². The fraction of sp³-hybridized carbons (Fsp3) is 0.714. The zero-order chi connectivity index (χ0) is 26.8. The van der Waals surface area contributed by atoms with Crippen molar-refractivity contribution in [2.24, 2.45) is 0 Å². The molecule has 3 aliphatic rings. The van der Waals surface area contributed by atoms with E-state index in [1.165, 1.54) is 11.0 Å². The quantitative estimate of drug-likeness (QED) is 0.251. The molecule has 0 aromatic carbocycles. The molecule has 1 spiro atoms. The Bertz CT molecular complexity index is 843. The molecule has 3 aliphatic heterocycles. The Morgan fingerprint density at radius 2 is 1.95 bits per heavy atom. The molecule has 37 heavy (non-hydrogen) atoms. The van der Waals surface area contributed by atoms with Gasteiger partial charge in [-0.25, -0.2) is 4.79 Å². The first-order chi connectivity index (χ1) is 17.7. The number of rotatable bonds is 11. The number of amides is 2. The molecule has 2 amide bonds. The molecule has 3 fully saturated rings. The largest absolute Gasteiger partial charge is 0.442 e. The molecule has 208 valence electrons. The standard InChI is InChI=1S/C28H44N2O7/c1-6-7-14-30(5)27(32)37-21(3)10-12-25(31)29-23-17-33-26(34-18-23)13-9-20(2)8-11-24-16-28(19-35-28)15-22(4)36-24/h8-12,21-24,26H,6-7,13-19H2,1-5H3,(H,29,31)/t21?,22?,23?,24-,26?,28-/m1/s1. The zero-order valence-electron chi connectivity index (χ0n) is 22.9. The number of ether oxygens (including phenoxy) is 5. The molecule has 9 nitrogen and oxygen atoms in total. The second-order valence-electron chi connectivity index (χ2n) is 10.4. The molecule has 0 radical (unpaired) electrons. The van der Waals surface area contributed by atoms with Crippen LogP contribution in [0, 0.1) is 0 Å². The molecule has 0 saturated carbocycles. The van der Waals surface area contributed by atoms with Crippen LogP contribution in [0.3, 0.4) is 0 Å². The van der Waals surface area contributed by atoms with E-state index in [1.54, 1.807) is 20.0 Å². The smallest absolute Gasteiger partial charge is 0.410 e. The van der Waals surface area contributed by atoms with Gasteiger partial charge in [0.15, 0.2) is 6.29 Å². The number of allylic oxidation sites excluding steroid dienone is 2. The Hall–Kier alpha value is -2.20. The van der Waals surface area contributed by atoms with Crippen LogP contribution >= 0.6 is 0 Å². The van der Waals surface area contributed by atoms with E-state index in [4.69, 9.17) is 23.7 Å². The van der Waals surface area contributed by atoms with E-state index in [1.807, 2.05) is 6.92 Å². The highest BCUT2D eigenvalue weighted by atomic mass is 16.7. The van der Waals surface area contributed by atoms with E-state index >= 15 is 0 Å². The Morgan fingerprint density at radius 3 is 2.62 bits per heavy atom. The van der Waals surface area contributed by atoms with E-state index in [-0.39, 0.29) is 36.0 Å². The highest BCUT2D eigenvalue weighted by Crippen LogP contribution is 2.42. The van der Waals surface area contributed by atoms with E-state index in [0.717, 1.165) is 37.9 Å².